The van der Waals surface area contributed by atoms with Crippen molar-refractivity contribution < 1.29 is 20.1 Å². The van der Waals surface area contributed by atoms with Crippen LogP contribution in [0.3, 0.4) is 0 Å². The molecular weight excluding hydrogens is 344 g/mol. The normalized spacial score (nSPS) is 38.2. The minimum Gasteiger partial charge on any atom is -0.508 e. The van der Waals surface area contributed by atoms with Crippen molar-refractivity contribution in [2.24, 2.45) is 5.92 Å². The van der Waals surface area contributed by atoms with Crippen LogP contribution in [0.5, 0.6) is 5.75 Å². The predicted molar refractivity (Wildman–Crippen MR) is 101 cm³/mol. The van der Waals surface area contributed by atoms with Gasteiger partial charge in [-0.15, -0.1) is 0 Å². The molecule has 4 N–H and O–H groups in total. The van der Waals surface area contributed by atoms with Crippen LogP contribution in [0, 0.1) is 5.92 Å². The topological polar surface area (TPSA) is 93.0 Å². The van der Waals surface area contributed by atoms with E-state index < -0.39 is 23.2 Å². The number of likely N-dealkylation sites (N-methyl/N-ethyl adjacent to an activating group) is 1. The molecule has 1 aromatic rings. The molecule has 1 saturated carbocycles. The number of nitrogens with one attached hydrogen (secondary N) is 1. The van der Waals surface area contributed by atoms with Gasteiger partial charge < -0.3 is 25.5 Å². The Morgan fingerprint density at radius 2 is 2.07 bits per heavy atom. The molecule has 6 heteroatoms. The number of benzene rings is 1. The quantitative estimate of drug-likeness (QED) is 0.618. The van der Waals surface area contributed by atoms with Crippen molar-refractivity contribution in [2.45, 2.75) is 68.7 Å². The van der Waals surface area contributed by atoms with E-state index in [2.05, 4.69) is 10.2 Å². The van der Waals surface area contributed by atoms with Gasteiger partial charge in [-0.05, 0) is 56.1 Å². The van der Waals surface area contributed by atoms with E-state index in [-0.39, 0.29) is 23.6 Å². The van der Waals surface area contributed by atoms with Crippen LogP contribution in [0.25, 0.3) is 0 Å². The van der Waals surface area contributed by atoms with E-state index in [1.54, 1.807) is 12.1 Å². The number of piperidine rings is 1. The Balaban J connectivity index is 1.78. The number of phenols is 1. The first-order chi connectivity index (χ1) is 12.7. The summed E-state index contributed by atoms with van der Waals surface area (Å²) in [5.41, 5.74) is 0.428. The first kappa shape index (κ1) is 18.7. The van der Waals surface area contributed by atoms with E-state index in [9.17, 15) is 20.1 Å². The fourth-order valence-corrected chi connectivity index (χ4v) is 5.70. The molecule has 6 nitrogen and oxygen atoms in total. The zero-order valence-corrected chi connectivity index (χ0v) is 16.3. The highest BCUT2D eigenvalue weighted by Crippen LogP contribution is 2.58. The van der Waals surface area contributed by atoms with Crippen LogP contribution in [-0.4, -0.2) is 63.5 Å². The summed E-state index contributed by atoms with van der Waals surface area (Å²) in [6, 6.07) is 4.86. The van der Waals surface area contributed by atoms with Gasteiger partial charge in [-0.25, -0.2) is 0 Å². The second kappa shape index (κ2) is 6.19. The number of hydrogen-bond acceptors (Lipinski definition) is 5. The lowest BCUT2D eigenvalue weighted by atomic mass is 9.48. The highest BCUT2D eigenvalue weighted by atomic mass is 16.3. The number of hydrogen-bond donors (Lipinski definition) is 4. The van der Waals surface area contributed by atoms with E-state index in [4.69, 9.17) is 0 Å². The number of aliphatic hydroxyl groups excluding tert-OH is 1. The van der Waals surface area contributed by atoms with Gasteiger partial charge >= 0.3 is 0 Å². The Hall–Kier alpha value is -1.63. The van der Waals surface area contributed by atoms with E-state index in [1.165, 1.54) is 0 Å². The third-order valence-electron chi connectivity index (χ3n) is 7.23. The lowest BCUT2D eigenvalue weighted by molar-refractivity contribution is -0.186. The second-order valence-corrected chi connectivity index (χ2v) is 9.04. The van der Waals surface area contributed by atoms with Gasteiger partial charge in [-0.3, -0.25) is 4.79 Å². The maximum Gasteiger partial charge on any atom is 0.222 e. The number of aliphatic hydroxyl groups is 2. The number of phenolic OH excluding ortho intramolecular Hbond substituents is 1. The largest absolute Gasteiger partial charge is 0.508 e. The monoisotopic (exact) mass is 374 g/mol. The highest BCUT2D eigenvalue weighted by molar-refractivity contribution is 5.78. The summed E-state index contributed by atoms with van der Waals surface area (Å²) in [6.45, 7) is 4.48. The molecule has 5 atom stereocenters. The van der Waals surface area contributed by atoms with E-state index in [0.717, 1.165) is 24.1 Å². The second-order valence-electron chi connectivity index (χ2n) is 9.04. The number of nitrogens with zero attached hydrogens (tertiary/aromatic N) is 1. The van der Waals surface area contributed by atoms with Crippen molar-refractivity contribution in [3.8, 4) is 5.75 Å². The molecule has 0 radical (unpaired) electrons. The molecule has 3 aliphatic rings. The van der Waals surface area contributed by atoms with Crippen molar-refractivity contribution in [1.82, 2.24) is 10.2 Å². The van der Waals surface area contributed by atoms with Crippen LogP contribution in [-0.2, 0) is 16.6 Å². The maximum absolute atomic E-state index is 12.2. The van der Waals surface area contributed by atoms with Crippen LogP contribution in [0.4, 0.5) is 0 Å². The average molecular weight is 374 g/mol. The fraction of sp³-hybridized carbons (Fsp3) is 0.667. The van der Waals surface area contributed by atoms with Crippen molar-refractivity contribution in [2.75, 3.05) is 13.6 Å². The Kier molecular flexibility index (Phi) is 4.29. The predicted octanol–water partition coefficient (Wildman–Crippen LogP) is 0.917. The molecule has 1 heterocycles. The van der Waals surface area contributed by atoms with Gasteiger partial charge in [0.1, 0.15) is 5.75 Å². The van der Waals surface area contributed by atoms with E-state index >= 15 is 0 Å². The number of likely N-dealkylation sites (tertiary alicyclic amines) is 1. The van der Waals surface area contributed by atoms with Gasteiger partial charge in [0.25, 0.3) is 0 Å². The minimum absolute atomic E-state index is 0.0748. The summed E-state index contributed by atoms with van der Waals surface area (Å²) < 4.78 is 0. The molecule has 1 saturated heterocycles. The Morgan fingerprint density at radius 3 is 2.78 bits per heavy atom. The standard InChI is InChI=1S/C21H30N2O4/c1-12(2)19(26)22-16-10-21(27)18-8-13-4-5-14(24)9-15(13)20(21,11-17(16)25)6-7-23(18)3/h4-5,9,12,16-18,24-25,27H,6-8,10-11H2,1-3H3,(H,22,26)/t16-,17+,18+,20+,21+/m0/s1. The molecule has 1 amide bonds. The molecule has 0 aromatic heterocycles. The van der Waals surface area contributed by atoms with Crippen LogP contribution in [0.2, 0.25) is 0 Å². The first-order valence-electron chi connectivity index (χ1n) is 9.91. The van der Waals surface area contributed by atoms with Gasteiger partial charge in [0.05, 0.1) is 17.7 Å². The molecule has 2 bridgehead atoms. The average Bonchev–Trinajstić information content (AvgIpc) is 2.60. The molecule has 2 aliphatic carbocycles. The van der Waals surface area contributed by atoms with Crippen molar-refractivity contribution >= 4 is 5.91 Å². The third kappa shape index (κ3) is 2.61. The maximum atomic E-state index is 12.2. The third-order valence-corrected chi connectivity index (χ3v) is 7.23. The van der Waals surface area contributed by atoms with Gasteiger partial charge in [-0.1, -0.05) is 19.9 Å². The highest BCUT2D eigenvalue weighted by Gasteiger charge is 2.66. The molecule has 4 rings (SSSR count). The summed E-state index contributed by atoms with van der Waals surface area (Å²) in [5.74, 6) is -0.0903. The molecule has 0 spiro atoms. The summed E-state index contributed by atoms with van der Waals surface area (Å²) in [6.07, 6.45) is 1.38. The van der Waals surface area contributed by atoms with Crippen LogP contribution in [0.1, 0.15) is 44.2 Å². The summed E-state index contributed by atoms with van der Waals surface area (Å²) in [5, 5.41) is 36.0. The zero-order chi connectivity index (χ0) is 19.6. The molecule has 1 aromatic carbocycles. The van der Waals surface area contributed by atoms with E-state index in [1.807, 2.05) is 27.0 Å². The smallest absolute Gasteiger partial charge is 0.222 e. The fourth-order valence-electron chi connectivity index (χ4n) is 5.70. The lowest BCUT2D eigenvalue weighted by Gasteiger charge is -2.65. The number of rotatable bonds is 2. The number of fused-ring (bicyclic) bond motifs is 1. The Bertz CT molecular complexity index is 767. The summed E-state index contributed by atoms with van der Waals surface area (Å²) in [4.78, 5) is 14.4. The number of carbonyl (C=O) groups excluding carboxylic acids is 1. The minimum atomic E-state index is -1.06. The molecular formula is C21H30N2O4. The molecule has 0 unspecified atom stereocenters. The molecule has 1 aliphatic heterocycles. The summed E-state index contributed by atoms with van der Waals surface area (Å²) in [7, 11) is 2.03. The van der Waals surface area contributed by atoms with E-state index in [0.29, 0.717) is 19.3 Å². The Morgan fingerprint density at radius 1 is 1.33 bits per heavy atom. The molecule has 2 fully saturated rings. The van der Waals surface area contributed by atoms with Crippen LogP contribution in [0.15, 0.2) is 18.2 Å². The molecule has 148 valence electrons. The molecule has 27 heavy (non-hydrogen) atoms. The summed E-state index contributed by atoms with van der Waals surface area (Å²) >= 11 is 0. The van der Waals surface area contributed by atoms with Gasteiger partial charge in [0.2, 0.25) is 5.91 Å². The number of carbonyl (C=O) groups is 1. The first-order valence-corrected chi connectivity index (χ1v) is 9.91. The lowest BCUT2D eigenvalue weighted by Crippen LogP contribution is -2.76. The van der Waals surface area contributed by atoms with Gasteiger partial charge in [-0.2, -0.15) is 0 Å². The van der Waals surface area contributed by atoms with Gasteiger partial charge in [0, 0.05) is 23.8 Å². The van der Waals surface area contributed by atoms with Crippen LogP contribution >= 0.6 is 0 Å². The number of aromatic hydroxyl groups is 1. The van der Waals surface area contributed by atoms with Gasteiger partial charge in [0.15, 0.2) is 0 Å². The zero-order valence-electron chi connectivity index (χ0n) is 16.3. The van der Waals surface area contributed by atoms with Crippen molar-refractivity contribution in [3.63, 3.8) is 0 Å². The van der Waals surface area contributed by atoms with Crippen molar-refractivity contribution in [3.05, 3.63) is 29.3 Å². The number of amides is 1. The SMILES string of the molecule is CC(C)C(=O)N[C@H]1C[C@@]2(O)[C@H]3Cc4ccc(O)cc4[C@@]2(CCN3C)C[C@H]1O. The Labute approximate surface area is 160 Å². The van der Waals surface area contributed by atoms with Crippen molar-refractivity contribution in [1.29, 1.82) is 0 Å². The van der Waals surface area contributed by atoms with Crippen LogP contribution < -0.4 is 5.32 Å².